The monoisotopic (exact) mass is 536 g/mol. The van der Waals surface area contributed by atoms with Crippen LogP contribution in [0.3, 0.4) is 0 Å². The van der Waals surface area contributed by atoms with Crippen molar-refractivity contribution in [3.8, 4) is 0 Å². The molecule has 1 aromatic carbocycles. The Morgan fingerprint density at radius 3 is 2.46 bits per heavy atom. The molecule has 3 saturated carbocycles. The van der Waals surface area contributed by atoms with E-state index < -0.39 is 23.5 Å². The van der Waals surface area contributed by atoms with Crippen molar-refractivity contribution < 1.29 is 29.4 Å². The number of carboxylic acid groups (broad SMARTS) is 1. The molecule has 0 spiro atoms. The summed E-state index contributed by atoms with van der Waals surface area (Å²) in [6, 6.07) is 7.40. The van der Waals surface area contributed by atoms with Gasteiger partial charge in [-0.15, -0.1) is 0 Å². The fourth-order valence-corrected chi connectivity index (χ4v) is 8.55. The standard InChI is InChI=1S/C31H40N2O6/c1-19(34)31(38)16-13-25-23-10-9-21-17-22(11-14-29(21,2)24(23)12-15-30(25,31)3)33-39-18-26(35)32-27(28(36)37)20-7-5-4-6-8-20/h4-8,17,23-25,27,38H,9-16,18H2,1-3H3,(H,32,35)(H,36,37)/t23-,24+,25+,27?,29+,30+,31+/m1/s1. The number of Topliss-reactive ketones (excluding diaryl/α,β-unsaturated/α-hetero) is 1. The lowest BCUT2D eigenvalue weighted by Crippen LogP contribution is -2.57. The lowest BCUT2D eigenvalue weighted by atomic mass is 9.46. The molecular formula is C31H40N2O6. The van der Waals surface area contributed by atoms with Crippen LogP contribution in [-0.2, 0) is 19.2 Å². The number of fused-ring (bicyclic) bond motifs is 5. The number of oxime groups is 1. The summed E-state index contributed by atoms with van der Waals surface area (Å²) in [7, 11) is 0. The van der Waals surface area contributed by atoms with Gasteiger partial charge in [-0.05, 0) is 93.1 Å². The fourth-order valence-electron chi connectivity index (χ4n) is 8.55. The van der Waals surface area contributed by atoms with Crippen LogP contribution in [0.1, 0.15) is 83.7 Å². The van der Waals surface area contributed by atoms with Gasteiger partial charge in [0.15, 0.2) is 18.4 Å². The summed E-state index contributed by atoms with van der Waals surface area (Å²) in [6.45, 7) is 5.70. The first kappa shape index (κ1) is 27.6. The van der Waals surface area contributed by atoms with E-state index in [1.54, 1.807) is 37.3 Å². The number of carboxylic acids is 1. The molecule has 0 aliphatic heterocycles. The minimum atomic E-state index is -1.19. The van der Waals surface area contributed by atoms with Gasteiger partial charge in [-0.3, -0.25) is 9.59 Å². The van der Waals surface area contributed by atoms with Crippen LogP contribution in [0.4, 0.5) is 0 Å². The van der Waals surface area contributed by atoms with Crippen molar-refractivity contribution in [2.24, 2.45) is 33.7 Å². The second-order valence-corrected chi connectivity index (χ2v) is 12.5. The van der Waals surface area contributed by atoms with E-state index in [1.807, 2.05) is 0 Å². The van der Waals surface area contributed by atoms with Crippen LogP contribution in [0.5, 0.6) is 0 Å². The van der Waals surface area contributed by atoms with Crippen molar-refractivity contribution in [1.82, 2.24) is 5.32 Å². The Morgan fingerprint density at radius 1 is 1.05 bits per heavy atom. The third-order valence-electron chi connectivity index (χ3n) is 10.8. The third-order valence-corrected chi connectivity index (χ3v) is 10.8. The quantitative estimate of drug-likeness (QED) is 0.438. The predicted octanol–water partition coefficient (Wildman–Crippen LogP) is 4.58. The van der Waals surface area contributed by atoms with Gasteiger partial charge in [0.25, 0.3) is 5.91 Å². The van der Waals surface area contributed by atoms with Gasteiger partial charge < -0.3 is 20.4 Å². The molecule has 1 amide bonds. The highest BCUT2D eigenvalue weighted by atomic mass is 16.6. The molecule has 8 nitrogen and oxygen atoms in total. The van der Waals surface area contributed by atoms with Gasteiger partial charge >= 0.3 is 5.97 Å². The second-order valence-electron chi connectivity index (χ2n) is 12.5. The smallest absolute Gasteiger partial charge is 0.330 e. The summed E-state index contributed by atoms with van der Waals surface area (Å²) in [5.41, 5.74) is 1.19. The van der Waals surface area contributed by atoms with Crippen molar-refractivity contribution >= 4 is 23.4 Å². The van der Waals surface area contributed by atoms with Gasteiger partial charge in [0.1, 0.15) is 5.60 Å². The molecule has 0 saturated heterocycles. The summed E-state index contributed by atoms with van der Waals surface area (Å²) < 4.78 is 0. The Hall–Kier alpha value is -3.00. The summed E-state index contributed by atoms with van der Waals surface area (Å²) >= 11 is 0. The number of nitrogens with zero attached hydrogens (tertiary/aromatic N) is 1. The van der Waals surface area contributed by atoms with E-state index in [2.05, 4.69) is 30.4 Å². The maximum atomic E-state index is 12.5. The number of carbonyl (C=O) groups excluding carboxylic acids is 2. The van der Waals surface area contributed by atoms with Gasteiger partial charge in [-0.25, -0.2) is 4.79 Å². The number of benzene rings is 1. The van der Waals surface area contributed by atoms with E-state index in [0.29, 0.717) is 29.7 Å². The van der Waals surface area contributed by atoms with Crippen molar-refractivity contribution in [2.45, 2.75) is 83.8 Å². The fraction of sp³-hybridized carbons (Fsp3) is 0.613. The van der Waals surface area contributed by atoms with E-state index in [4.69, 9.17) is 4.84 Å². The minimum absolute atomic E-state index is 0.0575. The van der Waals surface area contributed by atoms with Gasteiger partial charge in [0.2, 0.25) is 0 Å². The maximum absolute atomic E-state index is 12.5. The number of nitrogens with one attached hydrogen (secondary N) is 1. The van der Waals surface area contributed by atoms with Crippen molar-refractivity contribution in [2.75, 3.05) is 6.61 Å². The average Bonchev–Trinajstić information content (AvgIpc) is 3.19. The summed E-state index contributed by atoms with van der Waals surface area (Å²) in [5.74, 6) is -0.380. The molecule has 0 bridgehead atoms. The molecule has 4 aliphatic rings. The largest absolute Gasteiger partial charge is 0.479 e. The van der Waals surface area contributed by atoms with E-state index in [9.17, 15) is 24.6 Å². The lowest BCUT2D eigenvalue weighted by molar-refractivity contribution is -0.159. The first-order chi connectivity index (χ1) is 18.5. The zero-order valence-corrected chi connectivity index (χ0v) is 23.1. The molecular weight excluding hydrogens is 496 g/mol. The van der Waals surface area contributed by atoms with Crippen LogP contribution in [0.2, 0.25) is 0 Å². The zero-order chi connectivity index (χ0) is 28.0. The second kappa shape index (κ2) is 10.2. The molecule has 39 heavy (non-hydrogen) atoms. The van der Waals surface area contributed by atoms with Crippen LogP contribution < -0.4 is 5.32 Å². The molecule has 0 aromatic heterocycles. The molecule has 4 aliphatic carbocycles. The molecule has 0 radical (unpaired) electrons. The Bertz CT molecular complexity index is 1210. The van der Waals surface area contributed by atoms with Gasteiger partial charge in [0, 0.05) is 5.41 Å². The Balaban J connectivity index is 1.23. The molecule has 210 valence electrons. The summed E-state index contributed by atoms with van der Waals surface area (Å²) in [4.78, 5) is 41.9. The van der Waals surface area contributed by atoms with Gasteiger partial charge in [0.05, 0.1) is 5.71 Å². The number of ketones is 1. The Morgan fingerprint density at radius 2 is 1.77 bits per heavy atom. The van der Waals surface area contributed by atoms with Crippen molar-refractivity contribution in [3.05, 3.63) is 47.5 Å². The predicted molar refractivity (Wildman–Crippen MR) is 146 cm³/mol. The molecule has 1 unspecified atom stereocenters. The highest BCUT2D eigenvalue weighted by Crippen LogP contribution is 2.67. The number of amides is 1. The highest BCUT2D eigenvalue weighted by Gasteiger charge is 2.65. The normalized spacial score (nSPS) is 37.1. The number of hydrogen-bond acceptors (Lipinski definition) is 6. The molecule has 7 atom stereocenters. The van der Waals surface area contributed by atoms with Gasteiger partial charge in [-0.2, -0.15) is 0 Å². The molecule has 8 heteroatoms. The van der Waals surface area contributed by atoms with Gasteiger partial charge in [-0.1, -0.05) is 54.9 Å². The zero-order valence-electron chi connectivity index (χ0n) is 23.1. The third kappa shape index (κ3) is 4.60. The summed E-state index contributed by atoms with van der Waals surface area (Å²) in [5, 5.41) is 27.6. The van der Waals surface area contributed by atoms with E-state index >= 15 is 0 Å². The number of rotatable bonds is 7. The molecule has 3 N–H and O–H groups in total. The van der Waals surface area contributed by atoms with E-state index in [1.165, 1.54) is 5.57 Å². The van der Waals surface area contributed by atoms with Crippen molar-refractivity contribution in [1.29, 1.82) is 0 Å². The van der Waals surface area contributed by atoms with Crippen LogP contribution in [0.25, 0.3) is 0 Å². The lowest BCUT2D eigenvalue weighted by Gasteiger charge is -2.59. The number of carbonyl (C=O) groups is 3. The number of aliphatic carboxylic acids is 1. The average molecular weight is 537 g/mol. The Kier molecular flexibility index (Phi) is 7.20. The minimum Gasteiger partial charge on any atom is -0.479 e. The van der Waals surface area contributed by atoms with Crippen LogP contribution in [0.15, 0.2) is 47.1 Å². The molecule has 0 heterocycles. The highest BCUT2D eigenvalue weighted by molar-refractivity contribution is 5.96. The Labute approximate surface area is 229 Å². The van der Waals surface area contributed by atoms with Crippen LogP contribution in [0, 0.1) is 28.6 Å². The number of hydrogen-bond donors (Lipinski definition) is 3. The first-order valence-electron chi connectivity index (χ1n) is 14.2. The van der Waals surface area contributed by atoms with E-state index in [0.717, 1.165) is 50.7 Å². The summed E-state index contributed by atoms with van der Waals surface area (Å²) in [6.07, 6.45) is 9.21. The maximum Gasteiger partial charge on any atom is 0.330 e. The topological polar surface area (TPSA) is 125 Å². The first-order valence-corrected chi connectivity index (χ1v) is 14.2. The SMILES string of the molecule is CC(=O)[C@@]1(O)CC[C@H]2[C@@H]3CCC4=CC(=NOCC(=O)NC(C(=O)O)c5ccccc5)CC[C@]4(C)[C@H]3CC[C@@]21C. The number of aliphatic hydroxyl groups is 1. The van der Waals surface area contributed by atoms with Crippen LogP contribution in [-0.4, -0.2) is 45.8 Å². The van der Waals surface area contributed by atoms with Crippen LogP contribution >= 0.6 is 0 Å². The van der Waals surface area contributed by atoms with E-state index in [-0.39, 0.29) is 23.2 Å². The molecule has 3 fully saturated rings. The molecule has 1 aromatic rings. The number of allylic oxidation sites excluding steroid dienone is 2. The van der Waals surface area contributed by atoms with Crippen molar-refractivity contribution in [3.63, 3.8) is 0 Å². The molecule has 5 rings (SSSR count).